The number of amides is 2. The monoisotopic (exact) mass is 379 g/mol. The molecule has 1 atom stereocenters. The molecule has 0 saturated heterocycles. The molecule has 5 nitrogen and oxygen atoms in total. The van der Waals surface area contributed by atoms with E-state index < -0.39 is 6.04 Å². The van der Waals surface area contributed by atoms with Gasteiger partial charge in [-0.2, -0.15) is 0 Å². The number of carbonyl (C=O) groups is 2. The van der Waals surface area contributed by atoms with Crippen molar-refractivity contribution >= 4 is 40.4 Å². The number of nitrogens with two attached hydrogens (primary N) is 1. The molecule has 0 saturated carbocycles. The summed E-state index contributed by atoms with van der Waals surface area (Å²) in [7, 11) is 0. The third-order valence-corrected chi connectivity index (χ3v) is 4.90. The molecule has 4 N–H and O–H groups in total. The molecule has 7 heteroatoms. The van der Waals surface area contributed by atoms with E-state index in [2.05, 4.69) is 10.6 Å². The highest BCUT2D eigenvalue weighted by atomic mass is 35.5. The summed E-state index contributed by atoms with van der Waals surface area (Å²) in [5, 5.41) is 7.83. The van der Waals surface area contributed by atoms with Crippen molar-refractivity contribution in [2.24, 2.45) is 11.1 Å². The lowest BCUT2D eigenvalue weighted by Crippen LogP contribution is -2.45. The number of rotatable bonds is 5. The molecule has 0 aliphatic rings. The van der Waals surface area contributed by atoms with Crippen molar-refractivity contribution in [1.82, 2.24) is 5.32 Å². The van der Waals surface area contributed by atoms with Gasteiger partial charge >= 0.3 is 0 Å². The minimum absolute atomic E-state index is 0.297. The summed E-state index contributed by atoms with van der Waals surface area (Å²) in [4.78, 5) is 25.6. The lowest BCUT2D eigenvalue weighted by Gasteiger charge is -2.25. The topological polar surface area (TPSA) is 84.2 Å². The number of thiophene rings is 1. The zero-order valence-corrected chi connectivity index (χ0v) is 16.0. The predicted octanol–water partition coefficient (Wildman–Crippen LogP) is 3.64. The van der Waals surface area contributed by atoms with Crippen LogP contribution in [0.15, 0.2) is 35.7 Å². The van der Waals surface area contributed by atoms with Gasteiger partial charge in [-0.15, -0.1) is 11.3 Å². The van der Waals surface area contributed by atoms with Crippen LogP contribution in [0, 0.1) is 5.41 Å². The standard InChI is InChI=1S/C18H22ClN3O2S/c1-18(2,3)15(20)17(24)22-11-6-7-14(19)13(9-11)16(23)21-10-12-5-4-8-25-12/h4-9,15H,10,20H2,1-3H3,(H,21,23)(H,22,24)/t15-/m1/s1. The van der Waals surface area contributed by atoms with Crippen molar-refractivity contribution in [2.45, 2.75) is 33.4 Å². The van der Waals surface area contributed by atoms with Gasteiger partial charge in [-0.25, -0.2) is 0 Å². The maximum atomic E-state index is 12.4. The first kappa shape index (κ1) is 19.4. The van der Waals surface area contributed by atoms with Crippen LogP contribution < -0.4 is 16.4 Å². The SMILES string of the molecule is CC(C)(C)[C@H](N)C(=O)Nc1ccc(Cl)c(C(=O)NCc2cccs2)c1. The van der Waals surface area contributed by atoms with E-state index in [9.17, 15) is 9.59 Å². The molecule has 2 rings (SSSR count). The minimum atomic E-state index is -0.667. The van der Waals surface area contributed by atoms with E-state index in [1.807, 2.05) is 38.3 Å². The summed E-state index contributed by atoms with van der Waals surface area (Å²) < 4.78 is 0. The molecule has 0 unspecified atom stereocenters. The summed E-state index contributed by atoms with van der Waals surface area (Å²) in [6.07, 6.45) is 0. The van der Waals surface area contributed by atoms with Gasteiger partial charge in [0.05, 0.1) is 23.2 Å². The largest absolute Gasteiger partial charge is 0.347 e. The molecule has 0 fully saturated rings. The van der Waals surface area contributed by atoms with Crippen molar-refractivity contribution in [2.75, 3.05) is 5.32 Å². The zero-order valence-electron chi connectivity index (χ0n) is 14.4. The second-order valence-corrected chi connectivity index (χ2v) is 8.23. The molecule has 1 heterocycles. The second kappa shape index (κ2) is 7.99. The van der Waals surface area contributed by atoms with E-state index in [0.717, 1.165) is 4.88 Å². The summed E-state index contributed by atoms with van der Waals surface area (Å²) in [5.41, 5.74) is 6.38. The molecule has 0 aliphatic carbocycles. The van der Waals surface area contributed by atoms with Crippen LogP contribution in [0.3, 0.4) is 0 Å². The molecular weight excluding hydrogens is 358 g/mol. The minimum Gasteiger partial charge on any atom is -0.347 e. The number of nitrogens with one attached hydrogen (secondary N) is 2. The van der Waals surface area contributed by atoms with Gasteiger partial charge in [-0.1, -0.05) is 38.4 Å². The summed E-state index contributed by atoms with van der Waals surface area (Å²) in [6, 6.07) is 7.98. The molecule has 25 heavy (non-hydrogen) atoms. The van der Waals surface area contributed by atoms with Crippen molar-refractivity contribution in [3.8, 4) is 0 Å². The van der Waals surface area contributed by atoms with Crippen molar-refractivity contribution in [3.63, 3.8) is 0 Å². The smallest absolute Gasteiger partial charge is 0.253 e. The fraction of sp³-hybridized carbons (Fsp3) is 0.333. The Hall–Kier alpha value is -1.89. The van der Waals surface area contributed by atoms with Gasteiger partial charge in [0.15, 0.2) is 0 Å². The molecule has 0 bridgehead atoms. The first-order chi connectivity index (χ1) is 11.7. The Morgan fingerprint density at radius 2 is 2.00 bits per heavy atom. The van der Waals surface area contributed by atoms with Gasteiger partial charge in [0.25, 0.3) is 5.91 Å². The second-order valence-electron chi connectivity index (χ2n) is 6.79. The van der Waals surface area contributed by atoms with Crippen LogP contribution >= 0.6 is 22.9 Å². The van der Waals surface area contributed by atoms with Crippen LogP contribution in [0.1, 0.15) is 36.0 Å². The van der Waals surface area contributed by atoms with Crippen LogP contribution in [-0.2, 0) is 11.3 Å². The number of hydrogen-bond donors (Lipinski definition) is 3. The Morgan fingerprint density at radius 1 is 1.28 bits per heavy atom. The van der Waals surface area contributed by atoms with Crippen molar-refractivity contribution < 1.29 is 9.59 Å². The fourth-order valence-electron chi connectivity index (χ4n) is 2.07. The van der Waals surface area contributed by atoms with Crippen LogP contribution in [-0.4, -0.2) is 17.9 Å². The lowest BCUT2D eigenvalue weighted by atomic mass is 9.87. The highest BCUT2D eigenvalue weighted by Gasteiger charge is 2.27. The molecule has 1 aromatic heterocycles. The molecule has 1 aromatic carbocycles. The Labute approximate surface area is 156 Å². The van der Waals surface area contributed by atoms with E-state index in [0.29, 0.717) is 22.8 Å². The van der Waals surface area contributed by atoms with Gasteiger partial charge in [-0.05, 0) is 35.1 Å². The first-order valence-electron chi connectivity index (χ1n) is 7.85. The maximum Gasteiger partial charge on any atom is 0.253 e. The van der Waals surface area contributed by atoms with E-state index in [1.54, 1.807) is 29.5 Å². The Kier molecular flexibility index (Phi) is 6.21. The third-order valence-electron chi connectivity index (χ3n) is 3.70. The molecular formula is C18H22ClN3O2S. The van der Waals surface area contributed by atoms with Crippen LogP contribution in [0.2, 0.25) is 5.02 Å². The average molecular weight is 380 g/mol. The van der Waals surface area contributed by atoms with E-state index in [1.165, 1.54) is 0 Å². The summed E-state index contributed by atoms with van der Waals surface area (Å²) in [6.45, 7) is 6.10. The highest BCUT2D eigenvalue weighted by molar-refractivity contribution is 7.09. The van der Waals surface area contributed by atoms with Crippen LogP contribution in [0.25, 0.3) is 0 Å². The Balaban J connectivity index is 2.08. The molecule has 2 amide bonds. The fourth-order valence-corrected chi connectivity index (χ4v) is 2.91. The van der Waals surface area contributed by atoms with Gasteiger partial charge in [0.2, 0.25) is 5.91 Å². The number of hydrogen-bond acceptors (Lipinski definition) is 4. The quantitative estimate of drug-likeness (QED) is 0.741. The Bertz CT molecular complexity index is 754. The van der Waals surface area contributed by atoms with E-state index >= 15 is 0 Å². The molecule has 2 aromatic rings. The van der Waals surface area contributed by atoms with Crippen LogP contribution in [0.4, 0.5) is 5.69 Å². The summed E-state index contributed by atoms with van der Waals surface area (Å²) in [5.74, 6) is -0.602. The molecule has 0 aliphatic heterocycles. The van der Waals surface area contributed by atoms with E-state index in [-0.39, 0.29) is 17.2 Å². The molecule has 134 valence electrons. The maximum absolute atomic E-state index is 12.4. The van der Waals surface area contributed by atoms with Gasteiger partial charge in [0.1, 0.15) is 0 Å². The average Bonchev–Trinajstić information content (AvgIpc) is 3.06. The first-order valence-corrected chi connectivity index (χ1v) is 9.11. The number of carbonyl (C=O) groups excluding carboxylic acids is 2. The number of benzene rings is 1. The van der Waals surface area contributed by atoms with Gasteiger partial charge in [0, 0.05) is 10.6 Å². The number of anilines is 1. The lowest BCUT2D eigenvalue weighted by molar-refractivity contribution is -0.119. The van der Waals surface area contributed by atoms with Gasteiger partial charge < -0.3 is 16.4 Å². The van der Waals surface area contributed by atoms with Crippen molar-refractivity contribution in [1.29, 1.82) is 0 Å². The summed E-state index contributed by atoms with van der Waals surface area (Å²) >= 11 is 7.69. The van der Waals surface area contributed by atoms with Crippen LogP contribution in [0.5, 0.6) is 0 Å². The van der Waals surface area contributed by atoms with Gasteiger partial charge in [-0.3, -0.25) is 9.59 Å². The predicted molar refractivity (Wildman–Crippen MR) is 103 cm³/mol. The Morgan fingerprint density at radius 3 is 2.60 bits per heavy atom. The molecule has 0 spiro atoms. The normalized spacial score (nSPS) is 12.5. The van der Waals surface area contributed by atoms with Crippen molar-refractivity contribution in [3.05, 3.63) is 51.2 Å². The molecule has 0 radical (unpaired) electrons. The highest BCUT2D eigenvalue weighted by Crippen LogP contribution is 2.23. The number of halogens is 1. The van der Waals surface area contributed by atoms with E-state index in [4.69, 9.17) is 17.3 Å². The third kappa shape index (κ3) is 5.29. The zero-order chi connectivity index (χ0) is 18.6.